The van der Waals surface area contributed by atoms with Gasteiger partial charge in [0.15, 0.2) is 17.3 Å². The maximum Gasteiger partial charge on any atom is 0.356 e. The highest BCUT2D eigenvalue weighted by atomic mass is 16.2. The molecule has 312 valence electrons. The lowest BCUT2D eigenvalue weighted by atomic mass is 10.1. The zero-order chi connectivity index (χ0) is 42.4. The molecule has 1 atom stereocenters. The number of para-hydroxylation sites is 1. The van der Waals surface area contributed by atoms with Crippen LogP contribution in [0.25, 0.3) is 28.2 Å². The molecular weight excluding hydrogens is 787 g/mol. The van der Waals surface area contributed by atoms with E-state index in [-0.39, 0.29) is 35.1 Å². The van der Waals surface area contributed by atoms with Crippen LogP contribution in [0.5, 0.6) is 0 Å². The molecule has 9 heterocycles. The fourth-order valence-electron chi connectivity index (χ4n) is 7.59. The number of amides is 2. The van der Waals surface area contributed by atoms with Gasteiger partial charge >= 0.3 is 5.69 Å². The number of nitrogens with two attached hydrogens (primary N) is 1. The molecule has 0 spiro atoms. The first kappa shape index (κ1) is 39.6. The minimum absolute atomic E-state index is 0.132. The molecule has 2 saturated heterocycles. The van der Waals surface area contributed by atoms with Crippen LogP contribution in [0.2, 0.25) is 0 Å². The number of aromatic nitrogens is 9. The standard InChI is InChI=1S/C23H23N7O.C21H20N8O2/c24-17-6-4-12-29(15-17)21-10-11-25-14-19(21)28-23(31)18-7-3-9-22(27-18)30-20-8-2-1-5-16(20)13-26-30;30-20(25-16-14-23-8-7-17(16)27-12-9-22-10-13-27)15-4-3-6-18(24-15)29-21(31)28-11-2-1-5-19(28)26-29/h1-3,5,7-11,13-14,17H,4,6,12,15,24H2,(H,28,31);1-8,11,14,22H,9-10,12-13H2,(H,25,30). The highest BCUT2D eigenvalue weighted by Gasteiger charge is 2.22. The first-order valence-electron chi connectivity index (χ1n) is 20.3. The van der Waals surface area contributed by atoms with Crippen molar-refractivity contribution in [1.29, 1.82) is 0 Å². The van der Waals surface area contributed by atoms with Crippen molar-refractivity contribution in [3.8, 4) is 11.6 Å². The highest BCUT2D eigenvalue weighted by Crippen LogP contribution is 2.28. The zero-order valence-corrected chi connectivity index (χ0v) is 33.6. The van der Waals surface area contributed by atoms with Gasteiger partial charge in [-0.25, -0.2) is 23.8 Å². The van der Waals surface area contributed by atoms with E-state index in [0.717, 1.165) is 74.4 Å². The average molecular weight is 830 g/mol. The van der Waals surface area contributed by atoms with Gasteiger partial charge < -0.3 is 31.5 Å². The average Bonchev–Trinajstić information content (AvgIpc) is 3.91. The number of carbonyl (C=O) groups excluding carboxylic acids is 2. The molecule has 62 heavy (non-hydrogen) atoms. The highest BCUT2D eigenvalue weighted by molar-refractivity contribution is 6.05. The molecule has 7 aromatic heterocycles. The van der Waals surface area contributed by atoms with Crippen LogP contribution in [-0.4, -0.2) is 101 Å². The van der Waals surface area contributed by atoms with Gasteiger partial charge in [-0.15, -0.1) is 5.10 Å². The molecule has 2 aliphatic heterocycles. The first-order valence-corrected chi connectivity index (χ1v) is 20.3. The minimum Gasteiger partial charge on any atom is -0.368 e. The van der Waals surface area contributed by atoms with Gasteiger partial charge in [0.1, 0.15) is 11.4 Å². The summed E-state index contributed by atoms with van der Waals surface area (Å²) in [6, 6.07) is 27.3. The van der Waals surface area contributed by atoms with Crippen molar-refractivity contribution in [2.45, 2.75) is 18.9 Å². The number of anilines is 4. The van der Waals surface area contributed by atoms with Crippen LogP contribution >= 0.6 is 0 Å². The second-order valence-electron chi connectivity index (χ2n) is 14.8. The number of rotatable bonds is 8. The number of benzene rings is 1. The molecule has 2 aliphatic rings. The monoisotopic (exact) mass is 829 g/mol. The first-order chi connectivity index (χ1) is 30.4. The smallest absolute Gasteiger partial charge is 0.356 e. The molecule has 10 rings (SSSR count). The summed E-state index contributed by atoms with van der Waals surface area (Å²) in [6.45, 7) is 5.11. The number of nitrogens with zero attached hydrogens (tertiary/aromatic N) is 11. The van der Waals surface area contributed by atoms with Crippen molar-refractivity contribution in [3.05, 3.63) is 150 Å². The fraction of sp³-hybridized carbons (Fsp3) is 0.205. The Kier molecular flexibility index (Phi) is 11.4. The summed E-state index contributed by atoms with van der Waals surface area (Å²) in [7, 11) is 0. The quantitative estimate of drug-likeness (QED) is 0.171. The molecule has 0 bridgehead atoms. The Morgan fingerprint density at radius 1 is 0.694 bits per heavy atom. The molecule has 5 N–H and O–H groups in total. The van der Waals surface area contributed by atoms with Crippen molar-refractivity contribution >= 4 is 51.1 Å². The molecule has 1 unspecified atom stereocenters. The minimum atomic E-state index is -0.386. The molecule has 18 nitrogen and oxygen atoms in total. The van der Waals surface area contributed by atoms with E-state index in [2.05, 4.69) is 55.9 Å². The number of hydrogen-bond acceptors (Lipinski definition) is 13. The molecule has 1 aromatic carbocycles. The van der Waals surface area contributed by atoms with Crippen molar-refractivity contribution in [2.24, 2.45) is 5.73 Å². The Morgan fingerprint density at radius 2 is 1.34 bits per heavy atom. The van der Waals surface area contributed by atoms with Gasteiger partial charge in [-0.2, -0.15) is 9.78 Å². The molecule has 0 radical (unpaired) electrons. The Hall–Kier alpha value is -7.83. The van der Waals surface area contributed by atoms with Crippen LogP contribution in [0.1, 0.15) is 33.8 Å². The number of piperazine rings is 1. The summed E-state index contributed by atoms with van der Waals surface area (Å²) in [5.74, 6) is 0.175. The Labute approximate surface area is 355 Å². The summed E-state index contributed by atoms with van der Waals surface area (Å²) in [6.07, 6.45) is 12.2. The molecule has 0 saturated carbocycles. The third-order valence-corrected chi connectivity index (χ3v) is 10.6. The van der Waals surface area contributed by atoms with E-state index in [1.807, 2.05) is 48.5 Å². The van der Waals surface area contributed by atoms with Gasteiger partial charge in [-0.1, -0.05) is 36.4 Å². The van der Waals surface area contributed by atoms with E-state index < -0.39 is 0 Å². The largest absolute Gasteiger partial charge is 0.368 e. The Morgan fingerprint density at radius 3 is 2.02 bits per heavy atom. The second kappa shape index (κ2) is 17.8. The van der Waals surface area contributed by atoms with Gasteiger partial charge in [0.25, 0.3) is 11.8 Å². The second-order valence-corrected chi connectivity index (χ2v) is 14.8. The summed E-state index contributed by atoms with van der Waals surface area (Å²) in [5.41, 5.74) is 10.8. The van der Waals surface area contributed by atoms with E-state index >= 15 is 0 Å². The van der Waals surface area contributed by atoms with Gasteiger partial charge in [0.05, 0.1) is 46.9 Å². The third-order valence-electron chi connectivity index (χ3n) is 10.6. The normalized spacial score (nSPS) is 15.2. The van der Waals surface area contributed by atoms with E-state index in [0.29, 0.717) is 28.5 Å². The van der Waals surface area contributed by atoms with Crippen LogP contribution in [-0.2, 0) is 0 Å². The number of carbonyl (C=O) groups is 2. The zero-order valence-electron chi connectivity index (χ0n) is 33.6. The predicted octanol–water partition coefficient (Wildman–Crippen LogP) is 3.93. The van der Waals surface area contributed by atoms with Crippen LogP contribution in [0.15, 0.2) is 133 Å². The molecular formula is C44H43N15O3. The van der Waals surface area contributed by atoms with Crippen LogP contribution < -0.4 is 37.2 Å². The summed E-state index contributed by atoms with van der Waals surface area (Å²) < 4.78 is 4.34. The fourth-order valence-corrected chi connectivity index (χ4v) is 7.59. The van der Waals surface area contributed by atoms with E-state index in [1.54, 1.807) is 84.3 Å². The molecule has 2 fully saturated rings. The van der Waals surface area contributed by atoms with Gasteiger partial charge in [-0.05, 0) is 67.4 Å². The maximum absolute atomic E-state index is 13.0. The SMILES string of the molecule is NC1CCCN(c2ccncc2NC(=O)c2cccc(-n3ncc4ccccc43)n2)C1.O=C(Nc1cnccc1N1CCNCC1)c1cccc(-n2nc3ccccn3c2=O)n1. The topological polar surface area (TPSA) is 211 Å². The number of pyridine rings is 5. The van der Waals surface area contributed by atoms with Crippen molar-refractivity contribution in [3.63, 3.8) is 0 Å². The van der Waals surface area contributed by atoms with Crippen LogP contribution in [0.3, 0.4) is 0 Å². The van der Waals surface area contributed by atoms with Crippen molar-refractivity contribution in [1.82, 2.24) is 49.2 Å². The van der Waals surface area contributed by atoms with E-state index in [9.17, 15) is 14.4 Å². The Bertz CT molecular complexity index is 2940. The summed E-state index contributed by atoms with van der Waals surface area (Å²) in [5, 5.41) is 18.9. The third kappa shape index (κ3) is 8.45. The Balaban J connectivity index is 0.000000158. The molecule has 8 aromatic rings. The van der Waals surface area contributed by atoms with Crippen molar-refractivity contribution < 1.29 is 9.59 Å². The lowest BCUT2D eigenvalue weighted by Gasteiger charge is -2.33. The number of fused-ring (bicyclic) bond motifs is 2. The number of piperidine rings is 1. The molecule has 2 amide bonds. The maximum atomic E-state index is 13.0. The van der Waals surface area contributed by atoms with Crippen LogP contribution in [0.4, 0.5) is 22.7 Å². The van der Waals surface area contributed by atoms with Gasteiger partial charge in [0, 0.05) is 69.3 Å². The van der Waals surface area contributed by atoms with Crippen molar-refractivity contribution in [2.75, 3.05) is 59.7 Å². The summed E-state index contributed by atoms with van der Waals surface area (Å²) >= 11 is 0. The lowest BCUT2D eigenvalue weighted by Crippen LogP contribution is -2.43. The van der Waals surface area contributed by atoms with Crippen LogP contribution in [0, 0.1) is 0 Å². The van der Waals surface area contributed by atoms with E-state index in [4.69, 9.17) is 5.73 Å². The number of hydrogen-bond donors (Lipinski definition) is 4. The van der Waals surface area contributed by atoms with Gasteiger partial charge in [-0.3, -0.25) is 19.6 Å². The van der Waals surface area contributed by atoms with E-state index in [1.165, 1.54) is 9.08 Å². The number of nitrogens with one attached hydrogen (secondary N) is 3. The molecule has 18 heteroatoms. The summed E-state index contributed by atoms with van der Waals surface area (Å²) in [4.78, 5) is 60.3. The predicted molar refractivity (Wildman–Crippen MR) is 236 cm³/mol. The molecule has 0 aliphatic carbocycles. The lowest BCUT2D eigenvalue weighted by molar-refractivity contribution is 0.101. The van der Waals surface area contributed by atoms with Gasteiger partial charge in [0.2, 0.25) is 0 Å².